The summed E-state index contributed by atoms with van der Waals surface area (Å²) < 4.78 is 26.9. The van der Waals surface area contributed by atoms with Crippen LogP contribution in [0.25, 0.3) is 0 Å². The zero-order chi connectivity index (χ0) is 16.4. The van der Waals surface area contributed by atoms with Crippen molar-refractivity contribution in [2.45, 2.75) is 45.1 Å². The molecule has 1 atom stereocenters. The Labute approximate surface area is 123 Å². The molecule has 0 aromatic heterocycles. The Morgan fingerprint density at radius 3 is 2.43 bits per heavy atom. The summed E-state index contributed by atoms with van der Waals surface area (Å²) >= 11 is 0. The van der Waals surface area contributed by atoms with E-state index in [1.807, 2.05) is 0 Å². The molecule has 0 aliphatic carbocycles. The van der Waals surface area contributed by atoms with Crippen LogP contribution in [0.4, 0.5) is 5.69 Å². The van der Waals surface area contributed by atoms with Gasteiger partial charge in [0.05, 0.1) is 15.9 Å². The highest BCUT2D eigenvalue weighted by molar-refractivity contribution is 7.89. The lowest BCUT2D eigenvalue weighted by Crippen LogP contribution is -2.38. The standard InChI is InChI=1S/C13H18N2O5S/c1-5-12(16)10(4)14-21(19,20)13-7-11(15(17)18)6-8(2)9(13)3/h6-7,10,14H,5H2,1-4H3. The number of rotatable bonds is 6. The number of nitrogens with one attached hydrogen (secondary N) is 1. The van der Waals surface area contributed by atoms with Gasteiger partial charge < -0.3 is 0 Å². The zero-order valence-electron chi connectivity index (χ0n) is 12.3. The molecule has 1 N–H and O–H groups in total. The van der Waals surface area contributed by atoms with E-state index in [-0.39, 0.29) is 22.8 Å². The van der Waals surface area contributed by atoms with Gasteiger partial charge in [-0.2, -0.15) is 0 Å². The third kappa shape index (κ3) is 3.85. The Morgan fingerprint density at radius 1 is 1.38 bits per heavy atom. The van der Waals surface area contributed by atoms with Gasteiger partial charge >= 0.3 is 0 Å². The lowest BCUT2D eigenvalue weighted by atomic mass is 10.1. The van der Waals surface area contributed by atoms with Gasteiger partial charge in [-0.15, -0.1) is 0 Å². The highest BCUT2D eigenvalue weighted by Crippen LogP contribution is 2.25. The average molecular weight is 314 g/mol. The lowest BCUT2D eigenvalue weighted by Gasteiger charge is -2.15. The molecule has 0 saturated carbocycles. The van der Waals surface area contributed by atoms with Gasteiger partial charge in [-0.3, -0.25) is 14.9 Å². The van der Waals surface area contributed by atoms with E-state index in [0.29, 0.717) is 11.1 Å². The molecule has 116 valence electrons. The summed E-state index contributed by atoms with van der Waals surface area (Å²) in [6, 6.07) is 1.45. The summed E-state index contributed by atoms with van der Waals surface area (Å²) in [5.74, 6) is -0.251. The molecule has 7 nitrogen and oxygen atoms in total. The molecule has 0 aliphatic heterocycles. The second kappa shape index (κ2) is 6.31. The number of sulfonamides is 1. The van der Waals surface area contributed by atoms with Crippen molar-refractivity contribution in [3.8, 4) is 0 Å². The van der Waals surface area contributed by atoms with E-state index >= 15 is 0 Å². The van der Waals surface area contributed by atoms with E-state index in [1.54, 1.807) is 20.8 Å². The van der Waals surface area contributed by atoms with Crippen molar-refractivity contribution in [3.05, 3.63) is 33.4 Å². The largest absolute Gasteiger partial charge is 0.298 e. The third-order valence-corrected chi connectivity index (χ3v) is 4.94. The first-order chi connectivity index (χ1) is 9.60. The molecule has 0 fully saturated rings. The fourth-order valence-electron chi connectivity index (χ4n) is 1.86. The topological polar surface area (TPSA) is 106 Å². The number of carbonyl (C=O) groups excluding carboxylic acids is 1. The average Bonchev–Trinajstić information content (AvgIpc) is 2.39. The molecule has 1 unspecified atom stereocenters. The van der Waals surface area contributed by atoms with E-state index in [4.69, 9.17) is 0 Å². The third-order valence-electron chi connectivity index (χ3n) is 3.27. The van der Waals surface area contributed by atoms with Crippen molar-refractivity contribution in [2.24, 2.45) is 0 Å². The van der Waals surface area contributed by atoms with Crippen molar-refractivity contribution in [1.82, 2.24) is 4.72 Å². The minimum Gasteiger partial charge on any atom is -0.298 e. The quantitative estimate of drug-likeness (QED) is 0.637. The van der Waals surface area contributed by atoms with Gasteiger partial charge in [0, 0.05) is 18.6 Å². The number of Topliss-reactive ketones (excluding diaryl/α,β-unsaturated/α-hetero) is 1. The first-order valence-corrected chi connectivity index (χ1v) is 7.89. The molecule has 0 spiro atoms. The summed E-state index contributed by atoms with van der Waals surface area (Å²) in [6.45, 7) is 6.25. The van der Waals surface area contributed by atoms with Crippen LogP contribution in [0.1, 0.15) is 31.4 Å². The molecule has 1 rings (SSSR count). The molecule has 1 aromatic rings. The van der Waals surface area contributed by atoms with Crippen LogP contribution in [0, 0.1) is 24.0 Å². The lowest BCUT2D eigenvalue weighted by molar-refractivity contribution is -0.385. The Morgan fingerprint density at radius 2 is 1.95 bits per heavy atom. The first-order valence-electron chi connectivity index (χ1n) is 6.40. The predicted octanol–water partition coefficient (Wildman–Crippen LogP) is 1.86. The van der Waals surface area contributed by atoms with Gasteiger partial charge in [-0.25, -0.2) is 13.1 Å². The molecule has 0 heterocycles. The van der Waals surface area contributed by atoms with Crippen molar-refractivity contribution in [1.29, 1.82) is 0 Å². The molecular weight excluding hydrogens is 296 g/mol. The minimum atomic E-state index is -4.00. The van der Waals surface area contributed by atoms with Crippen molar-refractivity contribution in [2.75, 3.05) is 0 Å². The maximum Gasteiger partial charge on any atom is 0.271 e. The van der Waals surface area contributed by atoms with Gasteiger partial charge in [0.2, 0.25) is 10.0 Å². The first kappa shape index (κ1) is 17.3. The molecule has 21 heavy (non-hydrogen) atoms. The number of ketones is 1. The van der Waals surface area contributed by atoms with Crippen LogP contribution in [0.2, 0.25) is 0 Å². The number of nitrogens with zero attached hydrogens (tertiary/aromatic N) is 1. The Balaban J connectivity index is 3.31. The van der Waals surface area contributed by atoms with Crippen LogP contribution < -0.4 is 4.72 Å². The fourth-order valence-corrected chi connectivity index (χ4v) is 3.43. The van der Waals surface area contributed by atoms with Gasteiger partial charge in [-0.1, -0.05) is 6.92 Å². The number of nitro benzene ring substituents is 1. The van der Waals surface area contributed by atoms with Crippen LogP contribution in [0.3, 0.4) is 0 Å². The molecular formula is C13H18N2O5S. The maximum absolute atomic E-state index is 12.3. The van der Waals surface area contributed by atoms with Crippen LogP contribution in [-0.4, -0.2) is 25.2 Å². The van der Waals surface area contributed by atoms with E-state index in [9.17, 15) is 23.3 Å². The van der Waals surface area contributed by atoms with Crippen LogP contribution >= 0.6 is 0 Å². The Bertz CT molecular complexity index is 682. The SMILES string of the molecule is CCC(=O)C(C)NS(=O)(=O)c1cc([N+](=O)[O-])cc(C)c1C. The number of hydrogen-bond donors (Lipinski definition) is 1. The molecule has 0 saturated heterocycles. The van der Waals surface area contributed by atoms with Gasteiger partial charge in [0.25, 0.3) is 5.69 Å². The van der Waals surface area contributed by atoms with E-state index in [1.165, 1.54) is 13.0 Å². The number of non-ortho nitro benzene ring substituents is 1. The zero-order valence-corrected chi connectivity index (χ0v) is 13.2. The van der Waals surface area contributed by atoms with E-state index in [0.717, 1.165) is 6.07 Å². The van der Waals surface area contributed by atoms with Crippen LogP contribution in [0.15, 0.2) is 17.0 Å². The normalized spacial score (nSPS) is 13.0. The minimum absolute atomic E-state index is 0.176. The monoisotopic (exact) mass is 314 g/mol. The smallest absolute Gasteiger partial charge is 0.271 e. The van der Waals surface area contributed by atoms with E-state index < -0.39 is 21.0 Å². The summed E-state index contributed by atoms with van der Waals surface area (Å²) in [6.07, 6.45) is 0.205. The predicted molar refractivity (Wildman–Crippen MR) is 77.7 cm³/mol. The summed E-state index contributed by atoms with van der Waals surface area (Å²) in [7, 11) is -4.00. The molecule has 0 radical (unpaired) electrons. The Kier molecular flexibility index (Phi) is 5.19. The molecule has 8 heteroatoms. The highest BCUT2D eigenvalue weighted by Gasteiger charge is 2.25. The van der Waals surface area contributed by atoms with E-state index in [2.05, 4.69) is 4.72 Å². The Hall–Kier alpha value is -1.80. The number of carbonyl (C=O) groups is 1. The summed E-state index contributed by atoms with van der Waals surface area (Å²) in [5, 5.41) is 10.9. The summed E-state index contributed by atoms with van der Waals surface area (Å²) in [4.78, 5) is 21.5. The van der Waals surface area contributed by atoms with Crippen molar-refractivity contribution in [3.63, 3.8) is 0 Å². The number of aryl methyl sites for hydroxylation is 1. The van der Waals surface area contributed by atoms with Gasteiger partial charge in [0.1, 0.15) is 5.78 Å². The second-order valence-electron chi connectivity index (χ2n) is 4.81. The fraction of sp³-hybridized carbons (Fsp3) is 0.462. The number of nitro groups is 1. The van der Waals surface area contributed by atoms with Crippen LogP contribution in [0.5, 0.6) is 0 Å². The van der Waals surface area contributed by atoms with Gasteiger partial charge in [-0.05, 0) is 31.9 Å². The van der Waals surface area contributed by atoms with Gasteiger partial charge in [0.15, 0.2) is 0 Å². The summed E-state index contributed by atoms with van der Waals surface area (Å²) in [5.41, 5.74) is 0.622. The molecule has 0 aliphatic rings. The molecule has 0 bridgehead atoms. The second-order valence-corrected chi connectivity index (χ2v) is 6.49. The maximum atomic E-state index is 12.3. The number of benzene rings is 1. The molecule has 0 amide bonds. The number of hydrogen-bond acceptors (Lipinski definition) is 5. The van der Waals surface area contributed by atoms with Crippen molar-refractivity contribution >= 4 is 21.5 Å². The highest BCUT2D eigenvalue weighted by atomic mass is 32.2. The van der Waals surface area contributed by atoms with Crippen molar-refractivity contribution < 1.29 is 18.1 Å². The molecule has 1 aromatic carbocycles. The van der Waals surface area contributed by atoms with Crippen LogP contribution in [-0.2, 0) is 14.8 Å².